The number of anilines is 1. The van der Waals surface area contributed by atoms with Crippen LogP contribution in [-0.4, -0.2) is 19.7 Å². The Morgan fingerprint density at radius 3 is 2.80 bits per heavy atom. The summed E-state index contributed by atoms with van der Waals surface area (Å²) in [6.45, 7) is 4.85. The van der Waals surface area contributed by atoms with Gasteiger partial charge in [0.1, 0.15) is 0 Å². The standard InChI is InChI=1S/C14H15N5S/c1-10-13(20-11(2)18-10)9-15-12-4-5-14(16-8-12)19-7-3-6-17-19/h3-8,15H,9H2,1-2H3. The lowest BCUT2D eigenvalue weighted by molar-refractivity contribution is 0.847. The third-order valence-corrected chi connectivity index (χ3v) is 4.01. The van der Waals surface area contributed by atoms with Gasteiger partial charge in [0.05, 0.1) is 29.1 Å². The Morgan fingerprint density at radius 2 is 2.20 bits per heavy atom. The van der Waals surface area contributed by atoms with E-state index in [4.69, 9.17) is 0 Å². The van der Waals surface area contributed by atoms with Crippen molar-refractivity contribution in [3.8, 4) is 5.82 Å². The summed E-state index contributed by atoms with van der Waals surface area (Å²) in [5.41, 5.74) is 2.09. The third-order valence-electron chi connectivity index (χ3n) is 2.94. The van der Waals surface area contributed by atoms with Gasteiger partial charge >= 0.3 is 0 Å². The molecule has 0 aliphatic carbocycles. The van der Waals surface area contributed by atoms with E-state index in [0.29, 0.717) is 0 Å². The van der Waals surface area contributed by atoms with Crippen LogP contribution >= 0.6 is 11.3 Å². The first-order chi connectivity index (χ1) is 9.72. The molecular weight excluding hydrogens is 270 g/mol. The monoisotopic (exact) mass is 285 g/mol. The zero-order valence-corrected chi connectivity index (χ0v) is 12.2. The Balaban J connectivity index is 1.68. The van der Waals surface area contributed by atoms with Crippen molar-refractivity contribution in [2.45, 2.75) is 20.4 Å². The quantitative estimate of drug-likeness (QED) is 0.800. The fourth-order valence-electron chi connectivity index (χ4n) is 1.95. The maximum Gasteiger partial charge on any atom is 0.153 e. The van der Waals surface area contributed by atoms with E-state index in [-0.39, 0.29) is 0 Å². The van der Waals surface area contributed by atoms with E-state index in [2.05, 4.69) is 20.4 Å². The van der Waals surface area contributed by atoms with Gasteiger partial charge in [-0.15, -0.1) is 11.3 Å². The molecule has 0 bridgehead atoms. The molecule has 102 valence electrons. The predicted molar refractivity (Wildman–Crippen MR) is 80.3 cm³/mol. The molecular formula is C14H15N5S. The molecule has 0 radical (unpaired) electrons. The van der Waals surface area contributed by atoms with Crippen LogP contribution in [0.2, 0.25) is 0 Å². The Morgan fingerprint density at radius 1 is 1.30 bits per heavy atom. The lowest BCUT2D eigenvalue weighted by atomic mass is 10.3. The van der Waals surface area contributed by atoms with Gasteiger partial charge in [-0.3, -0.25) is 0 Å². The SMILES string of the molecule is Cc1nc(C)c(CNc2ccc(-n3cccn3)nc2)s1. The molecule has 0 unspecified atom stereocenters. The average Bonchev–Trinajstić information content (AvgIpc) is 3.07. The number of pyridine rings is 1. The van der Waals surface area contributed by atoms with E-state index >= 15 is 0 Å². The molecule has 0 amide bonds. The molecule has 6 heteroatoms. The molecule has 3 aromatic rings. The van der Waals surface area contributed by atoms with Crippen LogP contribution < -0.4 is 5.32 Å². The molecule has 3 rings (SSSR count). The van der Waals surface area contributed by atoms with Crippen LogP contribution in [0.15, 0.2) is 36.8 Å². The van der Waals surface area contributed by atoms with Crippen LogP contribution in [0.1, 0.15) is 15.6 Å². The molecule has 0 spiro atoms. The van der Waals surface area contributed by atoms with Crippen molar-refractivity contribution in [3.63, 3.8) is 0 Å². The van der Waals surface area contributed by atoms with Gasteiger partial charge in [-0.25, -0.2) is 14.6 Å². The van der Waals surface area contributed by atoms with Gasteiger partial charge in [-0.05, 0) is 32.0 Å². The molecule has 3 heterocycles. The maximum absolute atomic E-state index is 4.42. The topological polar surface area (TPSA) is 55.6 Å². The lowest BCUT2D eigenvalue weighted by Crippen LogP contribution is -2.02. The number of hydrogen-bond donors (Lipinski definition) is 1. The van der Waals surface area contributed by atoms with Crippen molar-refractivity contribution in [1.82, 2.24) is 19.7 Å². The van der Waals surface area contributed by atoms with E-state index in [0.717, 1.165) is 28.8 Å². The van der Waals surface area contributed by atoms with Crippen LogP contribution in [-0.2, 0) is 6.54 Å². The predicted octanol–water partition coefficient (Wildman–Crippen LogP) is 2.95. The zero-order valence-electron chi connectivity index (χ0n) is 11.4. The van der Waals surface area contributed by atoms with E-state index in [1.54, 1.807) is 22.2 Å². The van der Waals surface area contributed by atoms with Gasteiger partial charge in [-0.2, -0.15) is 5.10 Å². The smallest absolute Gasteiger partial charge is 0.153 e. The maximum atomic E-state index is 4.42. The molecule has 3 aromatic heterocycles. The Hall–Kier alpha value is -2.21. The van der Waals surface area contributed by atoms with Gasteiger partial charge in [0.15, 0.2) is 5.82 Å². The summed E-state index contributed by atoms with van der Waals surface area (Å²) in [6.07, 6.45) is 5.43. The fourth-order valence-corrected chi connectivity index (χ4v) is 2.83. The van der Waals surface area contributed by atoms with Crippen LogP contribution in [0.3, 0.4) is 0 Å². The third kappa shape index (κ3) is 2.70. The molecule has 0 saturated carbocycles. The first kappa shape index (κ1) is 12.8. The van der Waals surface area contributed by atoms with E-state index < -0.39 is 0 Å². The van der Waals surface area contributed by atoms with Crippen molar-refractivity contribution >= 4 is 17.0 Å². The van der Waals surface area contributed by atoms with Crippen molar-refractivity contribution in [2.75, 3.05) is 5.32 Å². The average molecular weight is 285 g/mol. The highest BCUT2D eigenvalue weighted by Gasteiger charge is 2.04. The van der Waals surface area contributed by atoms with Crippen LogP contribution in [0.4, 0.5) is 5.69 Å². The molecule has 1 N–H and O–H groups in total. The van der Waals surface area contributed by atoms with Crippen molar-refractivity contribution in [3.05, 3.63) is 52.4 Å². The highest BCUT2D eigenvalue weighted by atomic mass is 32.1. The summed E-state index contributed by atoms with van der Waals surface area (Å²) in [6, 6.07) is 5.83. The van der Waals surface area contributed by atoms with Gasteiger partial charge in [0.2, 0.25) is 0 Å². The van der Waals surface area contributed by atoms with Gasteiger partial charge < -0.3 is 5.32 Å². The summed E-state index contributed by atoms with van der Waals surface area (Å²) in [5, 5.41) is 8.62. The Bertz CT molecular complexity index is 685. The second-order valence-corrected chi connectivity index (χ2v) is 5.74. The van der Waals surface area contributed by atoms with Crippen molar-refractivity contribution in [2.24, 2.45) is 0 Å². The Labute approximate surface area is 121 Å². The lowest BCUT2D eigenvalue weighted by Gasteiger charge is -2.06. The van der Waals surface area contributed by atoms with Crippen LogP contribution in [0, 0.1) is 13.8 Å². The molecule has 5 nitrogen and oxygen atoms in total. The van der Waals surface area contributed by atoms with E-state index in [9.17, 15) is 0 Å². The first-order valence-electron chi connectivity index (χ1n) is 6.35. The first-order valence-corrected chi connectivity index (χ1v) is 7.17. The van der Waals surface area contributed by atoms with Gasteiger partial charge in [0.25, 0.3) is 0 Å². The van der Waals surface area contributed by atoms with Gasteiger partial charge in [0, 0.05) is 17.3 Å². The highest BCUT2D eigenvalue weighted by Crippen LogP contribution is 2.19. The number of aryl methyl sites for hydroxylation is 2. The molecule has 0 fully saturated rings. The summed E-state index contributed by atoms with van der Waals surface area (Å²) in [5.74, 6) is 0.811. The minimum absolute atomic E-state index is 0.778. The number of nitrogens with one attached hydrogen (secondary N) is 1. The minimum Gasteiger partial charge on any atom is -0.379 e. The minimum atomic E-state index is 0.778. The second-order valence-electron chi connectivity index (χ2n) is 4.45. The van der Waals surface area contributed by atoms with Crippen molar-refractivity contribution < 1.29 is 0 Å². The summed E-state index contributed by atoms with van der Waals surface area (Å²) in [7, 11) is 0. The Kier molecular flexibility index (Phi) is 3.47. The zero-order chi connectivity index (χ0) is 13.9. The number of rotatable bonds is 4. The molecule has 0 aliphatic heterocycles. The van der Waals surface area contributed by atoms with Crippen LogP contribution in [0.25, 0.3) is 5.82 Å². The van der Waals surface area contributed by atoms with E-state index in [1.165, 1.54) is 4.88 Å². The number of hydrogen-bond acceptors (Lipinski definition) is 5. The molecule has 20 heavy (non-hydrogen) atoms. The number of nitrogens with zero attached hydrogens (tertiary/aromatic N) is 4. The number of thiazole rings is 1. The molecule has 0 atom stereocenters. The second kappa shape index (κ2) is 5.42. The summed E-state index contributed by atoms with van der Waals surface area (Å²) < 4.78 is 1.74. The van der Waals surface area contributed by atoms with Crippen molar-refractivity contribution in [1.29, 1.82) is 0 Å². The summed E-state index contributed by atoms with van der Waals surface area (Å²) in [4.78, 5) is 10.1. The number of aromatic nitrogens is 4. The molecule has 0 aliphatic rings. The molecule has 0 aromatic carbocycles. The normalized spacial score (nSPS) is 10.7. The fraction of sp³-hybridized carbons (Fsp3) is 0.214. The highest BCUT2D eigenvalue weighted by molar-refractivity contribution is 7.11. The van der Waals surface area contributed by atoms with E-state index in [1.807, 2.05) is 44.4 Å². The van der Waals surface area contributed by atoms with Gasteiger partial charge in [-0.1, -0.05) is 0 Å². The molecule has 0 saturated heterocycles. The largest absolute Gasteiger partial charge is 0.379 e. The van der Waals surface area contributed by atoms with Crippen LogP contribution in [0.5, 0.6) is 0 Å². The summed E-state index contributed by atoms with van der Waals surface area (Å²) >= 11 is 1.73.